The molecule has 1 aromatic rings. The van der Waals surface area contributed by atoms with Crippen molar-refractivity contribution in [2.24, 2.45) is 0 Å². The summed E-state index contributed by atoms with van der Waals surface area (Å²) in [7, 11) is 0. The summed E-state index contributed by atoms with van der Waals surface area (Å²) in [5.74, 6) is -0.162. The molecule has 0 saturated heterocycles. The molecule has 0 atom stereocenters. The molecule has 0 saturated carbocycles. The average molecular weight is 268 g/mol. The van der Waals surface area contributed by atoms with E-state index in [1.807, 2.05) is 13.0 Å². The van der Waals surface area contributed by atoms with Crippen LogP contribution in [0.4, 0.5) is 0 Å². The number of hydrogen-bond acceptors (Lipinski definition) is 4. The molecule has 96 valence electrons. The van der Waals surface area contributed by atoms with Gasteiger partial charge in [0.15, 0.2) is 6.61 Å². The number of carbonyl (C=O) groups excluding carboxylic acids is 1. The third-order valence-corrected chi connectivity index (χ3v) is 2.51. The Labute approximate surface area is 111 Å². The molecule has 0 aliphatic rings. The van der Waals surface area contributed by atoms with Crippen molar-refractivity contribution in [2.45, 2.75) is 19.8 Å². The zero-order chi connectivity index (χ0) is 13.4. The molecule has 18 heavy (non-hydrogen) atoms. The normalized spacial score (nSPS) is 9.61. The van der Waals surface area contributed by atoms with Gasteiger partial charge in [0.25, 0.3) is 0 Å². The number of esters is 1. The van der Waals surface area contributed by atoms with Crippen molar-refractivity contribution < 1.29 is 14.3 Å². The highest BCUT2D eigenvalue weighted by Gasteiger charge is 2.10. The molecular weight excluding hydrogens is 254 g/mol. The van der Waals surface area contributed by atoms with Crippen molar-refractivity contribution in [3.8, 4) is 11.8 Å². The van der Waals surface area contributed by atoms with Crippen molar-refractivity contribution in [1.29, 1.82) is 5.26 Å². The molecule has 0 spiro atoms. The van der Waals surface area contributed by atoms with Crippen LogP contribution in [0.5, 0.6) is 5.75 Å². The quantitative estimate of drug-likeness (QED) is 0.587. The maximum Gasteiger partial charge on any atom is 0.344 e. The molecule has 1 aromatic carbocycles. The van der Waals surface area contributed by atoms with Gasteiger partial charge in [0, 0.05) is 0 Å². The Morgan fingerprint density at radius 1 is 1.50 bits per heavy atom. The molecule has 0 aliphatic heterocycles. The van der Waals surface area contributed by atoms with E-state index in [0.717, 1.165) is 12.8 Å². The van der Waals surface area contributed by atoms with E-state index in [0.29, 0.717) is 11.6 Å². The van der Waals surface area contributed by atoms with Crippen LogP contribution in [0.3, 0.4) is 0 Å². The molecule has 0 aromatic heterocycles. The second kappa shape index (κ2) is 7.57. The van der Waals surface area contributed by atoms with Crippen LogP contribution in [-0.4, -0.2) is 19.2 Å². The van der Waals surface area contributed by atoms with Crippen molar-refractivity contribution in [3.05, 3.63) is 28.8 Å². The molecule has 4 nitrogen and oxygen atoms in total. The first-order valence-electron chi connectivity index (χ1n) is 5.66. The second-order valence-corrected chi connectivity index (χ2v) is 3.99. The van der Waals surface area contributed by atoms with Gasteiger partial charge in [-0.2, -0.15) is 5.26 Å². The van der Waals surface area contributed by atoms with Gasteiger partial charge in [-0.15, -0.1) is 0 Å². The Morgan fingerprint density at radius 3 is 2.94 bits per heavy atom. The molecule has 0 fully saturated rings. The first kappa shape index (κ1) is 14.3. The van der Waals surface area contributed by atoms with Gasteiger partial charge in [0.1, 0.15) is 17.4 Å². The molecule has 5 heteroatoms. The SMILES string of the molecule is CCCCOC(=O)COc1cccc(Cl)c1C#N. The van der Waals surface area contributed by atoms with Gasteiger partial charge in [0.2, 0.25) is 0 Å². The summed E-state index contributed by atoms with van der Waals surface area (Å²) in [5, 5.41) is 9.21. The lowest BCUT2D eigenvalue weighted by Gasteiger charge is -2.08. The van der Waals surface area contributed by atoms with Crippen LogP contribution < -0.4 is 4.74 Å². The molecule has 0 heterocycles. The number of hydrogen-bond donors (Lipinski definition) is 0. The number of ether oxygens (including phenoxy) is 2. The van der Waals surface area contributed by atoms with Gasteiger partial charge < -0.3 is 9.47 Å². The fourth-order valence-corrected chi connectivity index (χ4v) is 1.45. The smallest absolute Gasteiger partial charge is 0.344 e. The number of nitrogens with zero attached hydrogens (tertiary/aromatic N) is 1. The van der Waals surface area contributed by atoms with Crippen LogP contribution in [0.2, 0.25) is 5.02 Å². The summed E-state index contributed by atoms with van der Waals surface area (Å²) in [4.78, 5) is 11.3. The zero-order valence-electron chi connectivity index (χ0n) is 10.1. The van der Waals surface area contributed by atoms with Gasteiger partial charge in [0.05, 0.1) is 11.6 Å². The summed E-state index contributed by atoms with van der Waals surface area (Å²) in [5.41, 5.74) is 0.223. The third kappa shape index (κ3) is 4.27. The van der Waals surface area contributed by atoms with E-state index in [9.17, 15) is 4.79 Å². The maximum absolute atomic E-state index is 11.3. The lowest BCUT2D eigenvalue weighted by atomic mass is 10.2. The standard InChI is InChI=1S/C13H14ClNO3/c1-2-3-7-17-13(16)9-18-12-6-4-5-11(14)10(12)8-15/h4-6H,2-3,7,9H2,1H3. The highest BCUT2D eigenvalue weighted by Crippen LogP contribution is 2.25. The lowest BCUT2D eigenvalue weighted by molar-refractivity contribution is -0.146. The summed E-state index contributed by atoms with van der Waals surface area (Å²) >= 11 is 5.83. The molecule has 0 amide bonds. The molecular formula is C13H14ClNO3. The van der Waals surface area contributed by atoms with E-state index in [4.69, 9.17) is 26.3 Å². The summed E-state index contributed by atoms with van der Waals surface area (Å²) in [6.07, 6.45) is 1.79. The summed E-state index contributed by atoms with van der Waals surface area (Å²) < 4.78 is 10.1. The van der Waals surface area contributed by atoms with Crippen molar-refractivity contribution in [1.82, 2.24) is 0 Å². The minimum Gasteiger partial charge on any atom is -0.480 e. The minimum atomic E-state index is -0.452. The van der Waals surface area contributed by atoms with E-state index in [-0.39, 0.29) is 17.9 Å². The van der Waals surface area contributed by atoms with Crippen LogP contribution >= 0.6 is 11.6 Å². The number of rotatable bonds is 6. The predicted molar refractivity (Wildman–Crippen MR) is 67.5 cm³/mol. The predicted octanol–water partition coefficient (Wildman–Crippen LogP) is 2.93. The van der Waals surface area contributed by atoms with Crippen molar-refractivity contribution in [3.63, 3.8) is 0 Å². The first-order chi connectivity index (χ1) is 8.69. The molecule has 0 unspecified atom stereocenters. The van der Waals surface area contributed by atoms with E-state index >= 15 is 0 Å². The number of nitriles is 1. The van der Waals surface area contributed by atoms with Crippen LogP contribution in [0.1, 0.15) is 25.3 Å². The highest BCUT2D eigenvalue weighted by atomic mass is 35.5. The summed E-state index contributed by atoms with van der Waals surface area (Å²) in [6.45, 7) is 2.17. The van der Waals surface area contributed by atoms with Crippen molar-refractivity contribution >= 4 is 17.6 Å². The molecule has 0 bridgehead atoms. The van der Waals surface area contributed by atoms with E-state index in [2.05, 4.69) is 0 Å². The monoisotopic (exact) mass is 267 g/mol. The molecule has 0 aliphatic carbocycles. The topological polar surface area (TPSA) is 59.3 Å². The average Bonchev–Trinajstić information content (AvgIpc) is 2.36. The first-order valence-corrected chi connectivity index (χ1v) is 6.03. The zero-order valence-corrected chi connectivity index (χ0v) is 10.9. The van der Waals surface area contributed by atoms with Crippen LogP contribution in [0.15, 0.2) is 18.2 Å². The van der Waals surface area contributed by atoms with Crippen LogP contribution in [-0.2, 0) is 9.53 Å². The van der Waals surface area contributed by atoms with Gasteiger partial charge in [-0.25, -0.2) is 4.79 Å². The lowest BCUT2D eigenvalue weighted by Crippen LogP contribution is -2.15. The molecule has 1 rings (SSSR count). The van der Waals surface area contributed by atoms with E-state index in [1.165, 1.54) is 0 Å². The third-order valence-electron chi connectivity index (χ3n) is 2.19. The molecule has 0 N–H and O–H groups in total. The van der Waals surface area contributed by atoms with E-state index in [1.54, 1.807) is 18.2 Å². The minimum absolute atomic E-state index is 0.223. The summed E-state index contributed by atoms with van der Waals surface area (Å²) in [6, 6.07) is 6.76. The number of carbonyl (C=O) groups is 1. The number of halogens is 1. The van der Waals surface area contributed by atoms with Gasteiger partial charge in [-0.05, 0) is 18.6 Å². The largest absolute Gasteiger partial charge is 0.480 e. The van der Waals surface area contributed by atoms with Crippen LogP contribution in [0.25, 0.3) is 0 Å². The van der Waals surface area contributed by atoms with Gasteiger partial charge in [-0.1, -0.05) is 31.0 Å². The Morgan fingerprint density at radius 2 is 2.28 bits per heavy atom. The number of unbranched alkanes of at least 4 members (excludes halogenated alkanes) is 1. The van der Waals surface area contributed by atoms with Gasteiger partial charge in [-0.3, -0.25) is 0 Å². The maximum atomic E-state index is 11.3. The van der Waals surface area contributed by atoms with Crippen LogP contribution in [0, 0.1) is 11.3 Å². The Kier molecular flexibility index (Phi) is 6.03. The number of benzene rings is 1. The van der Waals surface area contributed by atoms with E-state index < -0.39 is 5.97 Å². The molecule has 0 radical (unpaired) electrons. The fourth-order valence-electron chi connectivity index (χ4n) is 1.24. The second-order valence-electron chi connectivity index (χ2n) is 3.59. The Bertz CT molecular complexity index is 454. The fraction of sp³-hybridized carbons (Fsp3) is 0.385. The van der Waals surface area contributed by atoms with Gasteiger partial charge >= 0.3 is 5.97 Å². The Balaban J connectivity index is 2.51. The highest BCUT2D eigenvalue weighted by molar-refractivity contribution is 6.31. The Hall–Kier alpha value is -1.73. The van der Waals surface area contributed by atoms with Crippen molar-refractivity contribution in [2.75, 3.05) is 13.2 Å².